The van der Waals surface area contributed by atoms with Crippen molar-refractivity contribution in [3.05, 3.63) is 47.4 Å². The van der Waals surface area contributed by atoms with E-state index in [0.29, 0.717) is 12.4 Å². The summed E-state index contributed by atoms with van der Waals surface area (Å²) in [5.41, 5.74) is 0.285. The third kappa shape index (κ3) is 3.76. The van der Waals surface area contributed by atoms with E-state index in [2.05, 4.69) is 9.97 Å². The highest BCUT2D eigenvalue weighted by Crippen LogP contribution is 2.50. The number of ether oxygens (including phenoxy) is 2. The van der Waals surface area contributed by atoms with Crippen LogP contribution in [0.15, 0.2) is 36.7 Å². The molecule has 0 N–H and O–H groups in total. The van der Waals surface area contributed by atoms with Crippen LogP contribution in [0.4, 0.5) is 0 Å². The van der Waals surface area contributed by atoms with Gasteiger partial charge in [-0.25, -0.2) is 9.97 Å². The summed E-state index contributed by atoms with van der Waals surface area (Å²) < 4.78 is 9.78. The zero-order valence-corrected chi connectivity index (χ0v) is 14.1. The van der Waals surface area contributed by atoms with E-state index in [1.807, 2.05) is 18.2 Å². The Hall–Kier alpha value is -0.780. The fourth-order valence-electron chi connectivity index (χ4n) is 2.11. The number of epoxide rings is 1. The lowest BCUT2D eigenvalue weighted by Crippen LogP contribution is -2.18. The Kier molecular flexibility index (Phi) is 4.40. The van der Waals surface area contributed by atoms with Crippen LogP contribution >= 0.6 is 46.4 Å². The minimum atomic E-state index is -1.39. The van der Waals surface area contributed by atoms with Crippen LogP contribution in [0.25, 0.3) is 0 Å². The van der Waals surface area contributed by atoms with Crippen molar-refractivity contribution in [3.8, 4) is 11.6 Å². The first-order valence-electron chi connectivity index (χ1n) is 6.34. The second-order valence-corrected chi connectivity index (χ2v) is 7.73. The first-order valence-corrected chi connectivity index (χ1v) is 7.85. The summed E-state index contributed by atoms with van der Waals surface area (Å²) in [7, 11) is 0. The van der Waals surface area contributed by atoms with Crippen molar-refractivity contribution in [2.24, 2.45) is 0 Å². The van der Waals surface area contributed by atoms with Gasteiger partial charge in [0.2, 0.25) is 0 Å². The molecule has 0 amide bonds. The summed E-state index contributed by atoms with van der Waals surface area (Å²) in [6.07, 6.45) is 3.25. The molecule has 1 aromatic heterocycles. The maximum absolute atomic E-state index is 5.93. The predicted octanol–water partition coefficient (Wildman–Crippen LogP) is 4.91. The summed E-state index contributed by atoms with van der Waals surface area (Å²) in [6.45, 7) is 0.496. The highest BCUT2D eigenvalue weighted by atomic mass is 35.6. The predicted molar refractivity (Wildman–Crippen MR) is 86.1 cm³/mol. The van der Waals surface area contributed by atoms with Gasteiger partial charge in [-0.2, -0.15) is 0 Å². The Morgan fingerprint density at radius 3 is 2.59 bits per heavy atom. The smallest absolute Gasteiger partial charge is 0.257 e. The van der Waals surface area contributed by atoms with Crippen molar-refractivity contribution < 1.29 is 9.47 Å². The molecular weight excluding hydrogens is 370 g/mol. The Balaban J connectivity index is 1.83. The lowest BCUT2D eigenvalue weighted by molar-refractivity contribution is 0.294. The topological polar surface area (TPSA) is 47.5 Å². The van der Waals surface area contributed by atoms with Crippen LogP contribution in [0.2, 0.25) is 5.15 Å². The number of aromatic nitrogens is 2. The van der Waals surface area contributed by atoms with Crippen LogP contribution in [-0.4, -0.2) is 20.4 Å². The molecule has 1 saturated heterocycles. The number of halogens is 4. The highest BCUT2D eigenvalue weighted by Gasteiger charge is 2.51. The van der Waals surface area contributed by atoms with E-state index in [1.165, 1.54) is 12.4 Å². The molecule has 1 aliphatic heterocycles. The molecule has 116 valence electrons. The van der Waals surface area contributed by atoms with Gasteiger partial charge in [0.05, 0.1) is 6.61 Å². The van der Waals surface area contributed by atoms with Gasteiger partial charge in [0.25, 0.3) is 5.88 Å². The molecule has 2 heterocycles. The third-order valence-electron chi connectivity index (χ3n) is 3.18. The Morgan fingerprint density at radius 1 is 1.23 bits per heavy atom. The van der Waals surface area contributed by atoms with Crippen molar-refractivity contribution >= 4 is 46.4 Å². The number of hydrogen-bond acceptors (Lipinski definition) is 4. The molecule has 3 rings (SSSR count). The van der Waals surface area contributed by atoms with Crippen LogP contribution < -0.4 is 4.74 Å². The Morgan fingerprint density at radius 2 is 1.95 bits per heavy atom. The first-order chi connectivity index (χ1) is 10.4. The van der Waals surface area contributed by atoms with Crippen molar-refractivity contribution in [2.45, 2.75) is 15.8 Å². The summed E-state index contributed by atoms with van der Waals surface area (Å²) in [5, 5.41) is 0.187. The Labute approximate surface area is 147 Å². The fourth-order valence-corrected chi connectivity index (χ4v) is 2.90. The summed E-state index contributed by atoms with van der Waals surface area (Å²) in [6, 6.07) is 7.32. The van der Waals surface area contributed by atoms with Crippen LogP contribution in [0, 0.1) is 0 Å². The van der Waals surface area contributed by atoms with E-state index >= 15 is 0 Å². The molecule has 2 aromatic rings. The van der Waals surface area contributed by atoms with Gasteiger partial charge in [-0.3, -0.25) is 0 Å². The van der Waals surface area contributed by atoms with Gasteiger partial charge in [0, 0.05) is 18.8 Å². The molecule has 1 aliphatic rings. The van der Waals surface area contributed by atoms with Gasteiger partial charge < -0.3 is 9.47 Å². The van der Waals surface area contributed by atoms with Crippen LogP contribution in [0.3, 0.4) is 0 Å². The van der Waals surface area contributed by atoms with E-state index in [0.717, 1.165) is 5.56 Å². The lowest BCUT2D eigenvalue weighted by Gasteiger charge is -2.18. The number of rotatable bonds is 4. The summed E-state index contributed by atoms with van der Waals surface area (Å²) in [4.78, 5) is 7.94. The van der Waals surface area contributed by atoms with E-state index in [-0.39, 0.29) is 17.5 Å². The minimum Gasteiger partial charge on any atom is -0.436 e. The molecule has 0 spiro atoms. The molecule has 4 nitrogen and oxygen atoms in total. The zero-order chi connectivity index (χ0) is 15.8. The molecule has 1 fully saturated rings. The maximum atomic E-state index is 5.93. The van der Waals surface area contributed by atoms with E-state index in [1.54, 1.807) is 6.07 Å². The quantitative estimate of drug-likeness (QED) is 0.559. The normalized spacial score (nSPS) is 20.7. The van der Waals surface area contributed by atoms with Gasteiger partial charge in [-0.15, -0.1) is 0 Å². The largest absolute Gasteiger partial charge is 0.436 e. The molecule has 1 atom stereocenters. The van der Waals surface area contributed by atoms with Gasteiger partial charge in [-0.1, -0.05) is 58.5 Å². The molecule has 22 heavy (non-hydrogen) atoms. The van der Waals surface area contributed by atoms with E-state index < -0.39 is 9.39 Å². The van der Waals surface area contributed by atoms with Crippen LogP contribution in [0.1, 0.15) is 12.0 Å². The van der Waals surface area contributed by atoms with Crippen molar-refractivity contribution in [1.82, 2.24) is 9.97 Å². The van der Waals surface area contributed by atoms with E-state index in [9.17, 15) is 0 Å². The number of benzene rings is 1. The van der Waals surface area contributed by atoms with Crippen LogP contribution in [-0.2, 0) is 10.3 Å². The van der Waals surface area contributed by atoms with E-state index in [4.69, 9.17) is 55.9 Å². The SMILES string of the molecule is Clc1nccnc1Oc1cccc(C2(CC(Cl)(Cl)Cl)CO2)c1. The zero-order valence-electron chi connectivity index (χ0n) is 11.1. The molecule has 0 saturated carbocycles. The molecule has 0 bridgehead atoms. The second kappa shape index (κ2) is 6.02. The average molecular weight is 380 g/mol. The van der Waals surface area contributed by atoms with Crippen molar-refractivity contribution in [2.75, 3.05) is 6.61 Å². The second-order valence-electron chi connectivity index (χ2n) is 4.86. The highest BCUT2D eigenvalue weighted by molar-refractivity contribution is 6.67. The number of alkyl halides is 3. The van der Waals surface area contributed by atoms with Crippen molar-refractivity contribution in [1.29, 1.82) is 0 Å². The van der Waals surface area contributed by atoms with Crippen LogP contribution in [0.5, 0.6) is 11.6 Å². The standard InChI is InChI=1S/C14H10Cl4N2O2/c15-11-12(20-5-4-19-11)22-10-3-1-2-9(6-10)13(8-21-13)7-14(16,17)18/h1-6H,7-8H2. The number of nitrogens with zero attached hydrogens (tertiary/aromatic N) is 2. The van der Waals surface area contributed by atoms with Gasteiger partial charge in [0.15, 0.2) is 8.95 Å². The van der Waals surface area contributed by atoms with Gasteiger partial charge in [-0.05, 0) is 17.7 Å². The molecule has 0 radical (unpaired) electrons. The third-order valence-corrected chi connectivity index (χ3v) is 3.84. The number of hydrogen-bond donors (Lipinski definition) is 0. The average Bonchev–Trinajstić information content (AvgIpc) is 3.21. The van der Waals surface area contributed by atoms with Gasteiger partial charge in [0.1, 0.15) is 11.4 Å². The molecule has 1 aromatic carbocycles. The maximum Gasteiger partial charge on any atom is 0.257 e. The molecule has 1 unspecified atom stereocenters. The monoisotopic (exact) mass is 378 g/mol. The minimum absolute atomic E-state index is 0.187. The Bertz CT molecular complexity index is 687. The first kappa shape index (κ1) is 16.1. The lowest BCUT2D eigenvalue weighted by atomic mass is 9.97. The summed E-state index contributed by atoms with van der Waals surface area (Å²) >= 11 is 23.6. The van der Waals surface area contributed by atoms with Gasteiger partial charge >= 0.3 is 0 Å². The fraction of sp³-hybridized carbons (Fsp3) is 0.286. The molecule has 0 aliphatic carbocycles. The molecular formula is C14H10Cl4N2O2. The van der Waals surface area contributed by atoms with Crippen molar-refractivity contribution in [3.63, 3.8) is 0 Å². The molecule has 8 heteroatoms. The summed E-state index contributed by atoms with van der Waals surface area (Å²) in [5.74, 6) is 0.785.